The van der Waals surface area contributed by atoms with Crippen LogP contribution in [0.15, 0.2) is 11.6 Å². The summed E-state index contributed by atoms with van der Waals surface area (Å²) in [6.07, 6.45) is 31.3. The predicted molar refractivity (Wildman–Crippen MR) is 142 cm³/mol. The van der Waals surface area contributed by atoms with Crippen molar-refractivity contribution in [1.82, 2.24) is 4.90 Å². The van der Waals surface area contributed by atoms with Gasteiger partial charge in [-0.3, -0.25) is 4.90 Å². The van der Waals surface area contributed by atoms with Gasteiger partial charge in [-0.1, -0.05) is 135 Å². The molecule has 1 aliphatic rings. The van der Waals surface area contributed by atoms with Crippen LogP contribution >= 0.6 is 0 Å². The molecule has 0 spiro atoms. The van der Waals surface area contributed by atoms with Gasteiger partial charge < -0.3 is 0 Å². The Morgan fingerprint density at radius 1 is 0.677 bits per heavy atom. The third-order valence-electron chi connectivity index (χ3n) is 7.09. The molecule has 0 aromatic carbocycles. The highest BCUT2D eigenvalue weighted by molar-refractivity contribution is 5.09. The maximum Gasteiger partial charge on any atom is 0.0431 e. The van der Waals surface area contributed by atoms with Crippen LogP contribution in [-0.4, -0.2) is 24.0 Å². The topological polar surface area (TPSA) is 3.24 Å². The van der Waals surface area contributed by atoms with E-state index in [2.05, 4.69) is 31.7 Å². The summed E-state index contributed by atoms with van der Waals surface area (Å²) < 4.78 is 16.9. The summed E-state index contributed by atoms with van der Waals surface area (Å²) >= 11 is 0. The zero-order valence-electron chi connectivity index (χ0n) is 23.8. The maximum absolute atomic E-state index is 8.47. The molecule has 0 aromatic heterocycles. The lowest BCUT2D eigenvalue weighted by atomic mass is 9.97. The Hall–Kier alpha value is -0.300. The quantitative estimate of drug-likeness (QED) is 0.121. The fourth-order valence-corrected chi connectivity index (χ4v) is 4.96. The molecule has 1 heterocycles. The second-order valence-corrected chi connectivity index (χ2v) is 10.1. The van der Waals surface area contributed by atoms with Crippen molar-refractivity contribution < 1.29 is 2.74 Å². The lowest BCUT2D eigenvalue weighted by Gasteiger charge is -2.29. The minimum Gasteiger partial charge on any atom is -0.297 e. The molecule has 1 aliphatic heterocycles. The summed E-state index contributed by atoms with van der Waals surface area (Å²) in [4.78, 5) is 2.21. The molecule has 1 nitrogen and oxygen atoms in total. The first-order chi connectivity index (χ1) is 16.1. The first-order valence-electron chi connectivity index (χ1n) is 15.6. The lowest BCUT2D eigenvalue weighted by Crippen LogP contribution is -2.33. The maximum atomic E-state index is 8.47. The van der Waals surface area contributed by atoms with Gasteiger partial charge in [-0.2, -0.15) is 0 Å². The van der Waals surface area contributed by atoms with Crippen molar-refractivity contribution in [2.45, 2.75) is 168 Å². The SMILES string of the molecule is [2H]C1CCC([2H])N1C(CCCCCCCCCCCCCCCC)C(C)=CCCCCCC. The summed E-state index contributed by atoms with van der Waals surface area (Å²) in [5, 5.41) is 0. The van der Waals surface area contributed by atoms with Gasteiger partial charge in [-0.05, 0) is 52.1 Å². The number of allylic oxidation sites excluding steroid dienone is 1. The molecule has 1 rings (SSSR count). The summed E-state index contributed by atoms with van der Waals surface area (Å²) in [5.41, 5.74) is 1.43. The molecule has 3 unspecified atom stereocenters. The molecule has 3 atom stereocenters. The molecule has 0 aliphatic carbocycles. The van der Waals surface area contributed by atoms with Gasteiger partial charge in [0.15, 0.2) is 0 Å². The van der Waals surface area contributed by atoms with Crippen LogP contribution in [0, 0.1) is 0 Å². The van der Waals surface area contributed by atoms with Crippen molar-refractivity contribution in [1.29, 1.82) is 0 Å². The van der Waals surface area contributed by atoms with E-state index in [-0.39, 0.29) is 13.0 Å². The highest BCUT2D eigenvalue weighted by atomic mass is 15.2. The van der Waals surface area contributed by atoms with E-state index >= 15 is 0 Å². The smallest absolute Gasteiger partial charge is 0.0431 e. The van der Waals surface area contributed by atoms with Crippen LogP contribution in [0.2, 0.25) is 0 Å². The molecule has 0 N–H and O–H groups in total. The first-order valence-corrected chi connectivity index (χ1v) is 14.4. The molecular weight excluding hydrogens is 374 g/mol. The van der Waals surface area contributed by atoms with Gasteiger partial charge in [-0.15, -0.1) is 0 Å². The van der Waals surface area contributed by atoms with E-state index < -0.39 is 0 Å². The second-order valence-electron chi connectivity index (χ2n) is 10.1. The number of nitrogens with zero attached hydrogens (tertiary/aromatic N) is 1. The molecular formula is C30H59N. The van der Waals surface area contributed by atoms with Gasteiger partial charge in [-0.25, -0.2) is 0 Å². The molecule has 1 heteroatoms. The Morgan fingerprint density at radius 2 is 1.10 bits per heavy atom. The number of hydrogen-bond donors (Lipinski definition) is 0. The fraction of sp³-hybridized carbons (Fsp3) is 0.933. The molecule has 0 bridgehead atoms. The van der Waals surface area contributed by atoms with Crippen LogP contribution in [0.3, 0.4) is 0 Å². The van der Waals surface area contributed by atoms with E-state index in [1.165, 1.54) is 128 Å². The first kappa shape index (κ1) is 25.3. The number of likely N-dealkylation sites (tertiary alicyclic amines) is 1. The molecule has 0 saturated carbocycles. The van der Waals surface area contributed by atoms with Crippen LogP contribution in [0.1, 0.15) is 165 Å². The van der Waals surface area contributed by atoms with E-state index in [1.54, 1.807) is 0 Å². The highest BCUT2D eigenvalue weighted by Gasteiger charge is 2.22. The Labute approximate surface area is 200 Å². The van der Waals surface area contributed by atoms with Gasteiger partial charge in [0.25, 0.3) is 0 Å². The fourth-order valence-electron chi connectivity index (χ4n) is 4.96. The summed E-state index contributed by atoms with van der Waals surface area (Å²) in [6.45, 7) is 6.48. The minimum absolute atomic E-state index is 0.174. The minimum atomic E-state index is -0.174. The van der Waals surface area contributed by atoms with Crippen LogP contribution in [0.5, 0.6) is 0 Å². The average Bonchev–Trinajstić information content (AvgIpc) is 3.14. The van der Waals surface area contributed by atoms with Crippen LogP contribution < -0.4 is 0 Å². The molecule has 0 radical (unpaired) electrons. The monoisotopic (exact) mass is 435 g/mol. The summed E-state index contributed by atoms with van der Waals surface area (Å²) in [5.74, 6) is 0. The van der Waals surface area contributed by atoms with E-state index in [0.29, 0.717) is 6.04 Å². The number of unbranched alkanes of at least 4 members (excludes halogenated alkanes) is 17. The van der Waals surface area contributed by atoms with Crippen molar-refractivity contribution in [3.63, 3.8) is 0 Å². The molecule has 0 aromatic rings. The predicted octanol–water partition coefficient (Wildman–Crippen LogP) is 10.2. The van der Waals surface area contributed by atoms with Crippen molar-refractivity contribution >= 4 is 0 Å². The van der Waals surface area contributed by atoms with Crippen molar-refractivity contribution in [3.05, 3.63) is 11.6 Å². The Morgan fingerprint density at radius 3 is 1.58 bits per heavy atom. The van der Waals surface area contributed by atoms with Crippen molar-refractivity contribution in [2.24, 2.45) is 0 Å². The van der Waals surface area contributed by atoms with Gasteiger partial charge in [0, 0.05) is 8.78 Å². The van der Waals surface area contributed by atoms with Gasteiger partial charge in [0.05, 0.1) is 0 Å². The molecule has 0 amide bonds. The Balaban J connectivity index is 2.20. The van der Waals surface area contributed by atoms with Gasteiger partial charge in [0.1, 0.15) is 0 Å². The summed E-state index contributed by atoms with van der Waals surface area (Å²) in [6, 6.07) is 0.320. The second kappa shape index (κ2) is 21.5. The van der Waals surface area contributed by atoms with Crippen LogP contribution in [-0.2, 0) is 0 Å². The molecule has 1 fully saturated rings. The largest absolute Gasteiger partial charge is 0.297 e. The lowest BCUT2D eigenvalue weighted by molar-refractivity contribution is 0.255. The van der Waals surface area contributed by atoms with Crippen molar-refractivity contribution in [3.8, 4) is 0 Å². The van der Waals surface area contributed by atoms with E-state index in [4.69, 9.17) is 2.74 Å². The normalized spacial score (nSPS) is 22.0. The number of hydrogen-bond acceptors (Lipinski definition) is 1. The average molecular weight is 436 g/mol. The van der Waals surface area contributed by atoms with E-state index in [9.17, 15) is 0 Å². The molecule has 1 saturated heterocycles. The third-order valence-corrected chi connectivity index (χ3v) is 7.09. The standard InChI is InChI=1S/C30H59N/c1-4-6-8-10-11-12-13-14-15-16-17-18-20-22-26-30(31-27-23-24-28-31)29(3)25-21-19-9-7-5-2/h25,30H,4-24,26-28H2,1-3H3/i27D,28D. The zero-order chi connectivity index (χ0) is 24.2. The molecule has 31 heavy (non-hydrogen) atoms. The Kier molecular flexibility index (Phi) is 17.6. The van der Waals surface area contributed by atoms with E-state index in [1.807, 2.05) is 0 Å². The molecule has 184 valence electrons. The van der Waals surface area contributed by atoms with Gasteiger partial charge >= 0.3 is 0 Å². The summed E-state index contributed by atoms with van der Waals surface area (Å²) in [7, 11) is 0. The Bertz CT molecular complexity index is 454. The van der Waals surface area contributed by atoms with Crippen molar-refractivity contribution in [2.75, 3.05) is 13.0 Å². The van der Waals surface area contributed by atoms with E-state index in [0.717, 1.165) is 19.3 Å². The number of rotatable bonds is 22. The third kappa shape index (κ3) is 16.0. The van der Waals surface area contributed by atoms with Crippen LogP contribution in [0.4, 0.5) is 0 Å². The van der Waals surface area contributed by atoms with Gasteiger partial charge in [0.2, 0.25) is 0 Å². The van der Waals surface area contributed by atoms with Crippen LogP contribution in [0.25, 0.3) is 0 Å². The zero-order valence-corrected chi connectivity index (χ0v) is 21.8. The highest BCUT2D eigenvalue weighted by Crippen LogP contribution is 2.24.